The number of carbonyl (C=O) groups excluding carboxylic acids is 1. The smallest absolute Gasteiger partial charge is 0.252 e. The van der Waals surface area contributed by atoms with Gasteiger partial charge >= 0.3 is 0 Å². The van der Waals surface area contributed by atoms with E-state index in [2.05, 4.69) is 21.2 Å². The molecule has 1 aromatic rings. The summed E-state index contributed by atoms with van der Waals surface area (Å²) in [7, 11) is 0. The summed E-state index contributed by atoms with van der Waals surface area (Å²) < 4.78 is 19.3. The fraction of sp³-hybridized carbons (Fsp3) is 0.462. The molecule has 2 heterocycles. The van der Waals surface area contributed by atoms with Crippen LogP contribution in [-0.2, 0) is 4.74 Å². The predicted octanol–water partition coefficient (Wildman–Crippen LogP) is 3.29. The molecule has 2 bridgehead atoms. The zero-order valence-electron chi connectivity index (χ0n) is 9.96. The number of ether oxygens (including phenoxy) is 1. The Balaban J connectivity index is 1.77. The highest BCUT2D eigenvalue weighted by molar-refractivity contribution is 9.10. The SMILES string of the molecule is O=C(N[C@@H]1C[C@H]2CC[C@H]1O2)c1cc(Cl)cc(F)c1Br. The van der Waals surface area contributed by atoms with Gasteiger partial charge in [-0.1, -0.05) is 11.6 Å². The molecule has 0 radical (unpaired) electrons. The van der Waals surface area contributed by atoms with Crippen LogP contribution in [-0.4, -0.2) is 24.2 Å². The molecule has 0 unspecified atom stereocenters. The van der Waals surface area contributed by atoms with Crippen molar-refractivity contribution in [2.24, 2.45) is 0 Å². The lowest BCUT2D eigenvalue weighted by Gasteiger charge is -2.20. The van der Waals surface area contributed by atoms with Gasteiger partial charge in [-0.3, -0.25) is 4.79 Å². The standard InChI is InChI=1S/C13H12BrClFNO2/c14-12-8(3-6(15)4-9(12)16)13(18)17-10-5-7-1-2-11(10)19-7/h3-4,7,10-11H,1-2,5H2,(H,17,18)/t7-,10-,11-/m1/s1. The Hall–Kier alpha value is -0.650. The first-order chi connectivity index (χ1) is 9.04. The lowest BCUT2D eigenvalue weighted by atomic mass is 9.95. The third-order valence-corrected chi connectivity index (χ3v) is 4.68. The van der Waals surface area contributed by atoms with E-state index in [1.165, 1.54) is 12.1 Å². The largest absolute Gasteiger partial charge is 0.373 e. The van der Waals surface area contributed by atoms with Gasteiger partial charge in [-0.25, -0.2) is 4.39 Å². The van der Waals surface area contributed by atoms with Crippen molar-refractivity contribution >= 4 is 33.4 Å². The van der Waals surface area contributed by atoms with Crippen molar-refractivity contribution in [3.8, 4) is 0 Å². The molecule has 1 N–H and O–H groups in total. The van der Waals surface area contributed by atoms with Crippen LogP contribution in [0.4, 0.5) is 4.39 Å². The van der Waals surface area contributed by atoms with Crippen LogP contribution in [0.1, 0.15) is 29.6 Å². The fourth-order valence-electron chi connectivity index (χ4n) is 2.76. The quantitative estimate of drug-likeness (QED) is 0.833. The van der Waals surface area contributed by atoms with Crippen LogP contribution < -0.4 is 5.32 Å². The van der Waals surface area contributed by atoms with Crippen molar-refractivity contribution in [3.63, 3.8) is 0 Å². The first kappa shape index (κ1) is 13.3. The van der Waals surface area contributed by atoms with E-state index in [1.807, 2.05) is 0 Å². The van der Waals surface area contributed by atoms with Crippen LogP contribution in [0, 0.1) is 5.82 Å². The molecule has 1 amide bonds. The molecule has 19 heavy (non-hydrogen) atoms. The molecule has 3 atom stereocenters. The maximum absolute atomic E-state index is 13.5. The number of carbonyl (C=O) groups is 1. The number of amides is 1. The van der Waals surface area contributed by atoms with E-state index in [1.54, 1.807) is 0 Å². The summed E-state index contributed by atoms with van der Waals surface area (Å²) in [4.78, 5) is 12.2. The maximum Gasteiger partial charge on any atom is 0.252 e. The van der Waals surface area contributed by atoms with Gasteiger partial charge in [-0.05, 0) is 47.3 Å². The summed E-state index contributed by atoms with van der Waals surface area (Å²) in [6.45, 7) is 0. The van der Waals surface area contributed by atoms with Crippen LogP contribution in [0.3, 0.4) is 0 Å². The van der Waals surface area contributed by atoms with E-state index in [-0.39, 0.29) is 39.2 Å². The molecule has 2 aliphatic rings. The summed E-state index contributed by atoms with van der Waals surface area (Å²) in [6.07, 6.45) is 3.22. The third-order valence-electron chi connectivity index (χ3n) is 3.66. The van der Waals surface area contributed by atoms with Crippen LogP contribution in [0.25, 0.3) is 0 Å². The molecule has 3 rings (SSSR count). The number of nitrogens with one attached hydrogen (secondary N) is 1. The molecular weight excluding hydrogens is 337 g/mol. The van der Waals surface area contributed by atoms with Gasteiger partial charge in [-0.2, -0.15) is 0 Å². The molecule has 3 nitrogen and oxygen atoms in total. The average molecular weight is 349 g/mol. The minimum atomic E-state index is -0.540. The van der Waals surface area contributed by atoms with E-state index in [0.29, 0.717) is 0 Å². The van der Waals surface area contributed by atoms with Crippen LogP contribution in [0.2, 0.25) is 5.02 Å². The van der Waals surface area contributed by atoms with Crippen LogP contribution in [0.5, 0.6) is 0 Å². The Labute approximate surface area is 123 Å². The van der Waals surface area contributed by atoms with Gasteiger partial charge < -0.3 is 10.1 Å². The fourth-order valence-corrected chi connectivity index (χ4v) is 3.37. The van der Waals surface area contributed by atoms with Gasteiger partial charge in [0.15, 0.2) is 0 Å². The molecule has 102 valence electrons. The topological polar surface area (TPSA) is 38.3 Å². The van der Waals surface area contributed by atoms with E-state index in [4.69, 9.17) is 16.3 Å². The summed E-state index contributed by atoms with van der Waals surface area (Å²) in [5, 5.41) is 3.11. The summed E-state index contributed by atoms with van der Waals surface area (Å²) in [6, 6.07) is 2.64. The number of hydrogen-bond donors (Lipinski definition) is 1. The summed E-state index contributed by atoms with van der Waals surface area (Å²) >= 11 is 8.86. The number of halogens is 3. The highest BCUT2D eigenvalue weighted by Crippen LogP contribution is 2.34. The van der Waals surface area contributed by atoms with Gasteiger partial charge in [0.05, 0.1) is 28.3 Å². The molecule has 0 spiro atoms. The number of hydrogen-bond acceptors (Lipinski definition) is 2. The van der Waals surface area contributed by atoms with Gasteiger partial charge in [0.2, 0.25) is 0 Å². The number of fused-ring (bicyclic) bond motifs is 2. The van der Waals surface area contributed by atoms with Gasteiger partial charge in [-0.15, -0.1) is 0 Å². The Kier molecular flexibility index (Phi) is 3.53. The van der Waals surface area contributed by atoms with Crippen molar-refractivity contribution in [2.45, 2.75) is 37.5 Å². The molecular formula is C13H12BrClFNO2. The van der Waals surface area contributed by atoms with Gasteiger partial charge in [0.25, 0.3) is 5.91 Å². The van der Waals surface area contributed by atoms with Crippen molar-refractivity contribution in [2.75, 3.05) is 0 Å². The maximum atomic E-state index is 13.5. The molecule has 0 aliphatic carbocycles. The Bertz CT molecular complexity index is 540. The Morgan fingerprint density at radius 3 is 2.89 bits per heavy atom. The third kappa shape index (κ3) is 2.51. The molecule has 1 aromatic carbocycles. The van der Waals surface area contributed by atoms with E-state index in [9.17, 15) is 9.18 Å². The summed E-state index contributed by atoms with van der Waals surface area (Å²) in [5.74, 6) is -0.865. The highest BCUT2D eigenvalue weighted by atomic mass is 79.9. The molecule has 2 fully saturated rings. The van der Waals surface area contributed by atoms with Gasteiger partial charge in [0, 0.05) is 5.02 Å². The zero-order chi connectivity index (χ0) is 13.6. The van der Waals surface area contributed by atoms with E-state index >= 15 is 0 Å². The average Bonchev–Trinajstić information content (AvgIpc) is 2.95. The minimum Gasteiger partial charge on any atom is -0.373 e. The highest BCUT2D eigenvalue weighted by Gasteiger charge is 2.41. The minimum absolute atomic E-state index is 0.0141. The molecule has 6 heteroatoms. The van der Waals surface area contributed by atoms with Crippen molar-refractivity contribution in [3.05, 3.63) is 33.0 Å². The zero-order valence-corrected chi connectivity index (χ0v) is 12.3. The first-order valence-electron chi connectivity index (χ1n) is 6.15. The Morgan fingerprint density at radius 1 is 1.47 bits per heavy atom. The second kappa shape index (κ2) is 5.04. The van der Waals surface area contributed by atoms with Crippen molar-refractivity contribution < 1.29 is 13.9 Å². The number of rotatable bonds is 2. The molecule has 0 saturated carbocycles. The second-order valence-electron chi connectivity index (χ2n) is 4.94. The lowest BCUT2D eigenvalue weighted by Crippen LogP contribution is -2.41. The second-order valence-corrected chi connectivity index (χ2v) is 6.17. The molecule has 0 aromatic heterocycles. The lowest BCUT2D eigenvalue weighted by molar-refractivity contribution is 0.0840. The number of benzene rings is 1. The monoisotopic (exact) mass is 347 g/mol. The Morgan fingerprint density at radius 2 is 2.26 bits per heavy atom. The van der Waals surface area contributed by atoms with Crippen LogP contribution in [0.15, 0.2) is 16.6 Å². The van der Waals surface area contributed by atoms with E-state index in [0.717, 1.165) is 19.3 Å². The van der Waals surface area contributed by atoms with Crippen molar-refractivity contribution in [1.29, 1.82) is 0 Å². The first-order valence-corrected chi connectivity index (χ1v) is 7.32. The molecule has 2 saturated heterocycles. The van der Waals surface area contributed by atoms with Gasteiger partial charge in [0.1, 0.15) is 5.82 Å². The predicted molar refractivity (Wildman–Crippen MR) is 72.9 cm³/mol. The van der Waals surface area contributed by atoms with E-state index < -0.39 is 5.82 Å². The van der Waals surface area contributed by atoms with Crippen molar-refractivity contribution in [1.82, 2.24) is 5.32 Å². The summed E-state index contributed by atoms with van der Waals surface area (Å²) in [5.41, 5.74) is 0.216. The van der Waals surface area contributed by atoms with Crippen LogP contribution >= 0.6 is 27.5 Å². The molecule has 2 aliphatic heterocycles. The normalized spacial score (nSPS) is 28.7.